The van der Waals surface area contributed by atoms with Crippen molar-refractivity contribution >= 4 is 12.0 Å². The van der Waals surface area contributed by atoms with Crippen molar-refractivity contribution in [1.29, 1.82) is 0 Å². The van der Waals surface area contributed by atoms with Gasteiger partial charge in [0.1, 0.15) is 0 Å². The number of urea groups is 1. The van der Waals surface area contributed by atoms with Crippen LogP contribution in [0.2, 0.25) is 0 Å². The van der Waals surface area contributed by atoms with Crippen molar-refractivity contribution < 1.29 is 14.7 Å². The fourth-order valence-electron chi connectivity index (χ4n) is 1.74. The van der Waals surface area contributed by atoms with Gasteiger partial charge in [-0.1, -0.05) is 26.0 Å². The van der Waals surface area contributed by atoms with Crippen molar-refractivity contribution in [3.8, 4) is 0 Å². The van der Waals surface area contributed by atoms with E-state index in [0.29, 0.717) is 13.1 Å². The van der Waals surface area contributed by atoms with Gasteiger partial charge in [-0.05, 0) is 12.3 Å². The Kier molecular flexibility index (Phi) is 5.00. The van der Waals surface area contributed by atoms with Gasteiger partial charge in [0.25, 0.3) is 0 Å². The molecule has 0 saturated carbocycles. The first-order valence-corrected chi connectivity index (χ1v) is 5.93. The molecule has 2 N–H and O–H groups in total. The van der Waals surface area contributed by atoms with Crippen LogP contribution in [0.1, 0.15) is 20.3 Å². The van der Waals surface area contributed by atoms with Crippen LogP contribution in [0.15, 0.2) is 12.2 Å². The van der Waals surface area contributed by atoms with Crippen molar-refractivity contribution in [3.63, 3.8) is 0 Å². The molecule has 0 radical (unpaired) electrons. The number of rotatable bonds is 4. The first-order chi connectivity index (χ1) is 8.02. The average molecular weight is 240 g/mol. The lowest BCUT2D eigenvalue weighted by atomic mass is 9.96. The molecule has 5 nitrogen and oxygen atoms in total. The molecule has 0 aromatic rings. The van der Waals surface area contributed by atoms with Gasteiger partial charge in [-0.3, -0.25) is 4.79 Å². The lowest BCUT2D eigenvalue weighted by molar-refractivity contribution is -0.142. The van der Waals surface area contributed by atoms with E-state index >= 15 is 0 Å². The van der Waals surface area contributed by atoms with Gasteiger partial charge in [0.2, 0.25) is 0 Å². The van der Waals surface area contributed by atoms with Gasteiger partial charge in [0.15, 0.2) is 0 Å². The molecule has 17 heavy (non-hydrogen) atoms. The molecule has 0 saturated heterocycles. The summed E-state index contributed by atoms with van der Waals surface area (Å²) in [6.45, 7) is 5.17. The summed E-state index contributed by atoms with van der Waals surface area (Å²) in [5.41, 5.74) is 0. The van der Waals surface area contributed by atoms with Gasteiger partial charge in [-0.25, -0.2) is 4.79 Å². The Morgan fingerprint density at radius 2 is 2.12 bits per heavy atom. The van der Waals surface area contributed by atoms with Crippen LogP contribution in [0.25, 0.3) is 0 Å². The summed E-state index contributed by atoms with van der Waals surface area (Å²) in [4.78, 5) is 24.4. The third-order valence-corrected chi connectivity index (χ3v) is 2.94. The molecule has 1 heterocycles. The molecule has 1 atom stereocenters. The van der Waals surface area contributed by atoms with Gasteiger partial charge in [-0.2, -0.15) is 0 Å². The molecular weight excluding hydrogens is 220 g/mol. The second kappa shape index (κ2) is 6.27. The van der Waals surface area contributed by atoms with Gasteiger partial charge < -0.3 is 15.3 Å². The predicted octanol–water partition coefficient (Wildman–Crippen LogP) is 1.31. The number of carboxylic acids is 1. The highest BCUT2D eigenvalue weighted by Crippen LogP contribution is 2.10. The van der Waals surface area contributed by atoms with Gasteiger partial charge in [0, 0.05) is 19.6 Å². The van der Waals surface area contributed by atoms with Crippen LogP contribution < -0.4 is 5.32 Å². The van der Waals surface area contributed by atoms with Crippen LogP contribution in [0, 0.1) is 11.8 Å². The van der Waals surface area contributed by atoms with Crippen LogP contribution in [0.4, 0.5) is 4.79 Å². The van der Waals surface area contributed by atoms with Crippen LogP contribution >= 0.6 is 0 Å². The van der Waals surface area contributed by atoms with Crippen LogP contribution in [-0.2, 0) is 4.79 Å². The second-order valence-electron chi connectivity index (χ2n) is 4.58. The topological polar surface area (TPSA) is 69.6 Å². The molecule has 1 aliphatic heterocycles. The summed E-state index contributed by atoms with van der Waals surface area (Å²) < 4.78 is 0. The Bertz CT molecular complexity index is 313. The maximum absolute atomic E-state index is 11.7. The fraction of sp³-hybridized carbons (Fsp3) is 0.667. The van der Waals surface area contributed by atoms with Crippen LogP contribution in [0.5, 0.6) is 0 Å². The van der Waals surface area contributed by atoms with E-state index in [1.807, 2.05) is 26.0 Å². The number of carboxylic acid groups (broad SMARTS) is 1. The first kappa shape index (κ1) is 13.5. The number of aliphatic carboxylic acids is 1. The molecule has 0 aromatic heterocycles. The van der Waals surface area contributed by atoms with Crippen LogP contribution in [0.3, 0.4) is 0 Å². The number of hydrogen-bond donors (Lipinski definition) is 2. The molecule has 0 aliphatic carbocycles. The summed E-state index contributed by atoms with van der Waals surface area (Å²) in [5.74, 6) is -1.38. The minimum Gasteiger partial charge on any atom is -0.481 e. The number of nitrogens with one attached hydrogen (secondary N) is 1. The van der Waals surface area contributed by atoms with Crippen LogP contribution in [-0.4, -0.2) is 41.6 Å². The summed E-state index contributed by atoms with van der Waals surface area (Å²) in [6, 6.07) is -0.179. The maximum Gasteiger partial charge on any atom is 0.317 e. The molecule has 96 valence electrons. The average Bonchev–Trinajstić information content (AvgIpc) is 2.29. The Balaban J connectivity index is 2.40. The number of hydrogen-bond acceptors (Lipinski definition) is 2. The molecule has 1 rings (SSSR count). The Morgan fingerprint density at radius 3 is 2.59 bits per heavy atom. The van der Waals surface area contributed by atoms with Gasteiger partial charge in [-0.15, -0.1) is 0 Å². The largest absolute Gasteiger partial charge is 0.481 e. The van der Waals surface area contributed by atoms with E-state index in [-0.39, 0.29) is 18.5 Å². The number of amides is 2. The first-order valence-electron chi connectivity index (χ1n) is 5.93. The van der Waals surface area contributed by atoms with E-state index in [1.165, 1.54) is 0 Å². The zero-order valence-electron chi connectivity index (χ0n) is 10.3. The van der Waals surface area contributed by atoms with E-state index in [9.17, 15) is 9.59 Å². The lowest BCUT2D eigenvalue weighted by Gasteiger charge is -2.25. The molecule has 0 aromatic carbocycles. The highest BCUT2D eigenvalue weighted by molar-refractivity contribution is 5.76. The number of carbonyl (C=O) groups excluding carboxylic acids is 1. The molecule has 0 fully saturated rings. The second-order valence-corrected chi connectivity index (χ2v) is 4.58. The fourth-order valence-corrected chi connectivity index (χ4v) is 1.74. The summed E-state index contributed by atoms with van der Waals surface area (Å²) in [5, 5.41) is 11.7. The standard InChI is InChI=1S/C12H20N2O3/c1-9(2)10(11(15)16)8-13-12(17)14-6-4-3-5-7-14/h3-4,9-10H,5-8H2,1-2H3,(H,13,17)(H,15,16). The minimum atomic E-state index is -0.862. The molecule has 1 aliphatic rings. The molecular formula is C12H20N2O3. The third kappa shape index (κ3) is 4.09. The van der Waals surface area contributed by atoms with E-state index < -0.39 is 11.9 Å². The Hall–Kier alpha value is -1.52. The zero-order valence-corrected chi connectivity index (χ0v) is 10.3. The molecule has 2 amide bonds. The number of nitrogens with zero attached hydrogens (tertiary/aromatic N) is 1. The molecule has 5 heteroatoms. The summed E-state index contributed by atoms with van der Waals surface area (Å²) in [6.07, 6.45) is 4.85. The van der Waals surface area contributed by atoms with Crippen molar-refractivity contribution in [2.75, 3.05) is 19.6 Å². The zero-order chi connectivity index (χ0) is 12.8. The van der Waals surface area contributed by atoms with Gasteiger partial charge in [0.05, 0.1) is 5.92 Å². The monoisotopic (exact) mass is 240 g/mol. The highest BCUT2D eigenvalue weighted by Gasteiger charge is 2.23. The van der Waals surface area contributed by atoms with Crippen molar-refractivity contribution in [2.24, 2.45) is 11.8 Å². The van der Waals surface area contributed by atoms with Crippen molar-refractivity contribution in [1.82, 2.24) is 10.2 Å². The maximum atomic E-state index is 11.7. The predicted molar refractivity (Wildman–Crippen MR) is 64.7 cm³/mol. The smallest absolute Gasteiger partial charge is 0.317 e. The van der Waals surface area contributed by atoms with Crippen molar-refractivity contribution in [2.45, 2.75) is 20.3 Å². The summed E-state index contributed by atoms with van der Waals surface area (Å²) >= 11 is 0. The number of carbonyl (C=O) groups is 2. The van der Waals surface area contributed by atoms with Crippen molar-refractivity contribution in [3.05, 3.63) is 12.2 Å². The van der Waals surface area contributed by atoms with E-state index in [0.717, 1.165) is 6.42 Å². The SMILES string of the molecule is CC(C)C(CNC(=O)N1CC=CCC1)C(=O)O. The Morgan fingerprint density at radius 1 is 1.41 bits per heavy atom. The highest BCUT2D eigenvalue weighted by atomic mass is 16.4. The Labute approximate surface area is 101 Å². The molecule has 1 unspecified atom stereocenters. The van der Waals surface area contributed by atoms with E-state index in [4.69, 9.17) is 5.11 Å². The third-order valence-electron chi connectivity index (χ3n) is 2.94. The normalized spacial score (nSPS) is 17.0. The van der Waals surface area contributed by atoms with E-state index in [2.05, 4.69) is 5.32 Å². The van der Waals surface area contributed by atoms with Gasteiger partial charge >= 0.3 is 12.0 Å². The minimum absolute atomic E-state index is 0.00838. The summed E-state index contributed by atoms with van der Waals surface area (Å²) in [7, 11) is 0. The van der Waals surface area contributed by atoms with E-state index in [1.54, 1.807) is 4.90 Å². The molecule has 0 spiro atoms. The quantitative estimate of drug-likeness (QED) is 0.728. The molecule has 0 bridgehead atoms. The lowest BCUT2D eigenvalue weighted by Crippen LogP contribution is -2.45.